The minimum Gasteiger partial charge on any atom is -0.207 e. The van der Waals surface area contributed by atoms with Gasteiger partial charge in [0.15, 0.2) is 0 Å². The van der Waals surface area contributed by atoms with E-state index in [4.69, 9.17) is 11.6 Å². The van der Waals surface area contributed by atoms with E-state index in [-0.39, 0.29) is 11.7 Å². The van der Waals surface area contributed by atoms with Crippen LogP contribution in [0, 0.1) is 5.82 Å². The molecule has 2 heteroatoms. The summed E-state index contributed by atoms with van der Waals surface area (Å²) in [4.78, 5) is 0. The second-order valence-corrected chi connectivity index (χ2v) is 4.56. The van der Waals surface area contributed by atoms with Crippen molar-refractivity contribution in [1.82, 2.24) is 0 Å². The summed E-state index contributed by atoms with van der Waals surface area (Å²) in [6.45, 7) is 4.03. The van der Waals surface area contributed by atoms with Crippen molar-refractivity contribution in [2.75, 3.05) is 0 Å². The molecule has 1 saturated carbocycles. The van der Waals surface area contributed by atoms with E-state index in [9.17, 15) is 4.39 Å². The van der Waals surface area contributed by atoms with Crippen LogP contribution in [0.25, 0.3) is 0 Å². The average molecular weight is 225 g/mol. The zero-order valence-electron chi connectivity index (χ0n) is 8.60. The molecule has 0 saturated heterocycles. The minimum absolute atomic E-state index is 0.160. The molecule has 0 N–H and O–H groups in total. The number of rotatable bonds is 1. The van der Waals surface area contributed by atoms with Crippen LogP contribution in [-0.4, -0.2) is 0 Å². The molecule has 15 heavy (non-hydrogen) atoms. The van der Waals surface area contributed by atoms with Crippen LogP contribution < -0.4 is 0 Å². The van der Waals surface area contributed by atoms with Crippen molar-refractivity contribution in [2.45, 2.75) is 31.6 Å². The highest BCUT2D eigenvalue weighted by Crippen LogP contribution is 2.38. The molecule has 2 rings (SSSR count). The van der Waals surface area contributed by atoms with E-state index >= 15 is 0 Å². The Morgan fingerprint density at radius 2 is 2.13 bits per heavy atom. The molecule has 0 heterocycles. The second kappa shape index (κ2) is 4.36. The Labute approximate surface area is 94.8 Å². The van der Waals surface area contributed by atoms with Crippen molar-refractivity contribution in [2.24, 2.45) is 0 Å². The minimum atomic E-state index is -0.160. The summed E-state index contributed by atoms with van der Waals surface area (Å²) >= 11 is 5.89. The molecule has 1 atom stereocenters. The zero-order valence-corrected chi connectivity index (χ0v) is 9.36. The Kier molecular flexibility index (Phi) is 3.11. The maximum atomic E-state index is 13.6. The molecule has 0 spiro atoms. The van der Waals surface area contributed by atoms with Gasteiger partial charge in [-0.25, -0.2) is 4.39 Å². The highest BCUT2D eigenvalue weighted by molar-refractivity contribution is 6.30. The third-order valence-electron chi connectivity index (χ3n) is 3.07. The first kappa shape index (κ1) is 10.7. The molecule has 1 aromatic rings. The van der Waals surface area contributed by atoms with Crippen molar-refractivity contribution in [3.05, 3.63) is 46.8 Å². The Morgan fingerprint density at radius 1 is 1.33 bits per heavy atom. The Bertz CT molecular complexity index is 384. The van der Waals surface area contributed by atoms with Gasteiger partial charge in [-0.1, -0.05) is 30.2 Å². The van der Waals surface area contributed by atoms with E-state index in [0.29, 0.717) is 10.6 Å². The fraction of sp³-hybridized carbons (Fsp3) is 0.385. The molecule has 0 bridgehead atoms. The van der Waals surface area contributed by atoms with Gasteiger partial charge in [-0.05, 0) is 43.0 Å². The smallest absolute Gasteiger partial charge is 0.127 e. The van der Waals surface area contributed by atoms with Crippen LogP contribution in [0.1, 0.15) is 37.2 Å². The van der Waals surface area contributed by atoms with Gasteiger partial charge in [-0.2, -0.15) is 0 Å². The predicted molar refractivity (Wildman–Crippen MR) is 61.8 cm³/mol. The first-order valence-corrected chi connectivity index (χ1v) is 5.69. The van der Waals surface area contributed by atoms with Crippen molar-refractivity contribution < 1.29 is 4.39 Å². The van der Waals surface area contributed by atoms with E-state index in [0.717, 1.165) is 24.8 Å². The van der Waals surface area contributed by atoms with E-state index in [1.54, 1.807) is 12.1 Å². The van der Waals surface area contributed by atoms with E-state index in [1.807, 2.05) is 0 Å². The Hall–Kier alpha value is -0.820. The number of benzene rings is 1. The number of halogens is 2. The molecule has 1 aliphatic carbocycles. The van der Waals surface area contributed by atoms with Crippen molar-refractivity contribution in [3.8, 4) is 0 Å². The maximum absolute atomic E-state index is 13.6. The van der Waals surface area contributed by atoms with Gasteiger partial charge in [0.2, 0.25) is 0 Å². The average Bonchev–Trinajstić information content (AvgIpc) is 2.23. The van der Waals surface area contributed by atoms with Crippen molar-refractivity contribution in [1.29, 1.82) is 0 Å². The summed E-state index contributed by atoms with van der Waals surface area (Å²) in [5.74, 6) is 0.00454. The van der Waals surface area contributed by atoms with Gasteiger partial charge in [-0.3, -0.25) is 0 Å². The molecule has 0 nitrogen and oxygen atoms in total. The Morgan fingerprint density at radius 3 is 2.87 bits per heavy atom. The Balaban J connectivity index is 2.34. The third kappa shape index (κ3) is 2.23. The van der Waals surface area contributed by atoms with Crippen LogP contribution in [-0.2, 0) is 0 Å². The molecular formula is C13H14ClF. The molecular weight excluding hydrogens is 211 g/mol. The fourth-order valence-electron chi connectivity index (χ4n) is 2.24. The number of hydrogen-bond donors (Lipinski definition) is 0. The first-order valence-electron chi connectivity index (χ1n) is 5.31. The lowest BCUT2D eigenvalue weighted by Crippen LogP contribution is -2.09. The lowest BCUT2D eigenvalue weighted by molar-refractivity contribution is 0.515. The molecule has 1 fully saturated rings. The molecule has 0 radical (unpaired) electrons. The standard InChI is InChI=1S/C13H14ClF/c1-9-4-2-3-5-11(9)12-8-10(14)6-7-13(12)15/h6-8,11H,1-5H2. The van der Waals surface area contributed by atoms with Crippen LogP contribution in [0.5, 0.6) is 0 Å². The molecule has 0 amide bonds. The van der Waals surface area contributed by atoms with Gasteiger partial charge in [0.1, 0.15) is 5.82 Å². The third-order valence-corrected chi connectivity index (χ3v) is 3.30. The summed E-state index contributed by atoms with van der Waals surface area (Å²) in [7, 11) is 0. The zero-order chi connectivity index (χ0) is 10.8. The number of allylic oxidation sites excluding steroid dienone is 1. The van der Waals surface area contributed by atoms with E-state index in [2.05, 4.69) is 6.58 Å². The molecule has 0 aliphatic heterocycles. The molecule has 80 valence electrons. The number of hydrogen-bond acceptors (Lipinski definition) is 0. The topological polar surface area (TPSA) is 0 Å². The molecule has 0 aromatic heterocycles. The maximum Gasteiger partial charge on any atom is 0.127 e. The van der Waals surface area contributed by atoms with Gasteiger partial charge in [0.25, 0.3) is 0 Å². The summed E-state index contributed by atoms with van der Waals surface area (Å²) in [6.07, 6.45) is 4.33. The van der Waals surface area contributed by atoms with Crippen molar-refractivity contribution >= 4 is 11.6 Å². The van der Waals surface area contributed by atoms with Crippen LogP contribution in [0.3, 0.4) is 0 Å². The summed E-state index contributed by atoms with van der Waals surface area (Å²) in [6, 6.07) is 4.77. The predicted octanol–water partition coefficient (Wildman–Crippen LogP) is 4.69. The van der Waals surface area contributed by atoms with Gasteiger partial charge >= 0.3 is 0 Å². The highest BCUT2D eigenvalue weighted by atomic mass is 35.5. The molecule has 1 aliphatic rings. The van der Waals surface area contributed by atoms with Crippen LogP contribution in [0.4, 0.5) is 4.39 Å². The summed E-state index contributed by atoms with van der Waals surface area (Å²) in [5.41, 5.74) is 1.86. The fourth-order valence-corrected chi connectivity index (χ4v) is 2.42. The van der Waals surface area contributed by atoms with Crippen LogP contribution >= 0.6 is 11.6 Å². The lowest BCUT2D eigenvalue weighted by atomic mass is 9.80. The SMILES string of the molecule is C=C1CCCCC1c1cc(Cl)ccc1F. The van der Waals surface area contributed by atoms with Crippen LogP contribution in [0.15, 0.2) is 30.4 Å². The molecule has 1 aromatic carbocycles. The lowest BCUT2D eigenvalue weighted by Gasteiger charge is -2.25. The van der Waals surface area contributed by atoms with Gasteiger partial charge in [-0.15, -0.1) is 0 Å². The van der Waals surface area contributed by atoms with Gasteiger partial charge < -0.3 is 0 Å². The van der Waals surface area contributed by atoms with Crippen LogP contribution in [0.2, 0.25) is 5.02 Å². The normalized spacial score (nSPS) is 21.7. The highest BCUT2D eigenvalue weighted by Gasteiger charge is 2.21. The monoisotopic (exact) mass is 224 g/mol. The van der Waals surface area contributed by atoms with Gasteiger partial charge in [0.05, 0.1) is 0 Å². The van der Waals surface area contributed by atoms with Crippen molar-refractivity contribution in [3.63, 3.8) is 0 Å². The summed E-state index contributed by atoms with van der Waals surface area (Å²) < 4.78 is 13.6. The van der Waals surface area contributed by atoms with E-state index in [1.165, 1.54) is 12.5 Å². The largest absolute Gasteiger partial charge is 0.207 e. The second-order valence-electron chi connectivity index (χ2n) is 4.12. The first-order chi connectivity index (χ1) is 7.18. The van der Waals surface area contributed by atoms with Gasteiger partial charge in [0, 0.05) is 10.9 Å². The quantitative estimate of drug-likeness (QED) is 0.607. The molecule has 1 unspecified atom stereocenters. The summed E-state index contributed by atoms with van der Waals surface area (Å²) in [5, 5.41) is 0.602. The van der Waals surface area contributed by atoms with E-state index < -0.39 is 0 Å².